The van der Waals surface area contributed by atoms with Gasteiger partial charge in [-0.25, -0.2) is 10.1 Å². The number of rotatable bonds is 2. The Bertz CT molecular complexity index is 564. The molecule has 1 fully saturated rings. The molecule has 18 heavy (non-hydrogen) atoms. The first-order chi connectivity index (χ1) is 8.84. The van der Waals surface area contributed by atoms with E-state index in [9.17, 15) is 4.79 Å². The van der Waals surface area contributed by atoms with E-state index >= 15 is 0 Å². The first kappa shape index (κ1) is 11.3. The largest absolute Gasteiger partial charge is 0.326 e. The minimum atomic E-state index is -0.0132. The van der Waals surface area contributed by atoms with Gasteiger partial charge in [-0.1, -0.05) is 30.3 Å². The van der Waals surface area contributed by atoms with E-state index in [1.165, 1.54) is 0 Å². The maximum absolute atomic E-state index is 12.0. The Morgan fingerprint density at radius 1 is 1.17 bits per heavy atom. The Balaban J connectivity index is 1.93. The summed E-state index contributed by atoms with van der Waals surface area (Å²) in [6.45, 7) is 1.73. The van der Waals surface area contributed by atoms with E-state index in [1.54, 1.807) is 0 Å². The van der Waals surface area contributed by atoms with Crippen LogP contribution >= 0.6 is 0 Å². The Morgan fingerprint density at radius 2 is 1.89 bits per heavy atom. The second-order valence-electron chi connectivity index (χ2n) is 4.65. The SMILES string of the molecule is O=c1[nH]c(-c2ccccc2)cn1C1CC[N]CC1. The van der Waals surface area contributed by atoms with Crippen molar-refractivity contribution in [3.05, 3.63) is 47.0 Å². The van der Waals surface area contributed by atoms with Crippen molar-refractivity contribution in [2.45, 2.75) is 18.9 Å². The lowest BCUT2D eigenvalue weighted by atomic mass is 10.1. The fraction of sp³-hybridized carbons (Fsp3) is 0.357. The number of nitrogens with zero attached hydrogens (tertiary/aromatic N) is 2. The number of nitrogens with one attached hydrogen (secondary N) is 1. The summed E-state index contributed by atoms with van der Waals surface area (Å²) in [6.07, 6.45) is 3.87. The lowest BCUT2D eigenvalue weighted by Crippen LogP contribution is -2.29. The molecule has 0 amide bonds. The summed E-state index contributed by atoms with van der Waals surface area (Å²) in [5.41, 5.74) is 1.93. The fourth-order valence-electron chi connectivity index (χ4n) is 2.46. The van der Waals surface area contributed by atoms with Crippen LogP contribution < -0.4 is 11.0 Å². The van der Waals surface area contributed by atoms with Gasteiger partial charge in [0.2, 0.25) is 0 Å². The normalized spacial score (nSPS) is 16.9. The van der Waals surface area contributed by atoms with Gasteiger partial charge in [-0.3, -0.25) is 4.57 Å². The lowest BCUT2D eigenvalue weighted by molar-refractivity contribution is 0.357. The Hall–Kier alpha value is -1.81. The molecule has 2 aromatic rings. The highest BCUT2D eigenvalue weighted by Crippen LogP contribution is 2.21. The molecule has 1 aromatic carbocycles. The minimum Gasteiger partial charge on any atom is -0.306 e. The number of piperidine rings is 1. The number of hydrogen-bond donors (Lipinski definition) is 1. The van der Waals surface area contributed by atoms with Gasteiger partial charge in [-0.2, -0.15) is 0 Å². The van der Waals surface area contributed by atoms with Crippen molar-refractivity contribution in [1.29, 1.82) is 0 Å². The third-order valence-corrected chi connectivity index (χ3v) is 3.46. The van der Waals surface area contributed by atoms with E-state index in [2.05, 4.69) is 10.3 Å². The van der Waals surface area contributed by atoms with Gasteiger partial charge in [0.1, 0.15) is 0 Å². The molecule has 1 saturated heterocycles. The molecule has 1 N–H and O–H groups in total. The van der Waals surface area contributed by atoms with Crippen LogP contribution in [0.25, 0.3) is 11.3 Å². The summed E-state index contributed by atoms with van der Waals surface area (Å²) < 4.78 is 1.83. The predicted molar refractivity (Wildman–Crippen MR) is 70.6 cm³/mol. The average molecular weight is 242 g/mol. The van der Waals surface area contributed by atoms with Crippen LogP contribution in [0, 0.1) is 0 Å². The number of H-pyrrole nitrogens is 1. The van der Waals surface area contributed by atoms with Crippen LogP contribution in [0.1, 0.15) is 18.9 Å². The van der Waals surface area contributed by atoms with Crippen LogP contribution in [0.2, 0.25) is 0 Å². The summed E-state index contributed by atoms with van der Waals surface area (Å²) >= 11 is 0. The van der Waals surface area contributed by atoms with E-state index in [4.69, 9.17) is 0 Å². The van der Waals surface area contributed by atoms with Crippen molar-refractivity contribution in [1.82, 2.24) is 14.9 Å². The number of aromatic amines is 1. The smallest absolute Gasteiger partial charge is 0.306 e. The van der Waals surface area contributed by atoms with E-state index in [0.29, 0.717) is 6.04 Å². The molecule has 0 saturated carbocycles. The van der Waals surface area contributed by atoms with Gasteiger partial charge in [0.05, 0.1) is 5.69 Å². The molecule has 1 aliphatic rings. The Kier molecular flexibility index (Phi) is 3.02. The first-order valence-corrected chi connectivity index (χ1v) is 6.34. The summed E-state index contributed by atoms with van der Waals surface area (Å²) in [6, 6.07) is 10.2. The molecule has 0 spiro atoms. The third kappa shape index (κ3) is 2.11. The molecule has 1 aromatic heterocycles. The van der Waals surface area contributed by atoms with Crippen molar-refractivity contribution < 1.29 is 0 Å². The molecule has 0 aliphatic carbocycles. The Labute approximate surface area is 106 Å². The van der Waals surface area contributed by atoms with Crippen LogP contribution in [0.5, 0.6) is 0 Å². The van der Waals surface area contributed by atoms with Gasteiger partial charge in [0.15, 0.2) is 0 Å². The molecule has 0 atom stereocenters. The highest BCUT2D eigenvalue weighted by molar-refractivity contribution is 5.57. The standard InChI is InChI=1S/C14H16N3O/c18-14-16-13(11-4-2-1-3-5-11)10-17(14)12-6-8-15-9-7-12/h1-5,10,12H,6-9H2,(H,16,18). The molecule has 1 aliphatic heterocycles. The maximum atomic E-state index is 12.0. The second-order valence-corrected chi connectivity index (χ2v) is 4.65. The highest BCUT2D eigenvalue weighted by Gasteiger charge is 2.18. The maximum Gasteiger partial charge on any atom is 0.326 e. The molecule has 3 rings (SSSR count). The van der Waals surface area contributed by atoms with Crippen molar-refractivity contribution in [2.24, 2.45) is 0 Å². The highest BCUT2D eigenvalue weighted by atomic mass is 16.1. The predicted octanol–water partition coefficient (Wildman–Crippen LogP) is 1.78. The van der Waals surface area contributed by atoms with E-state index in [1.807, 2.05) is 41.1 Å². The van der Waals surface area contributed by atoms with Crippen molar-refractivity contribution in [2.75, 3.05) is 13.1 Å². The van der Waals surface area contributed by atoms with Gasteiger partial charge in [-0.15, -0.1) is 0 Å². The van der Waals surface area contributed by atoms with Crippen molar-refractivity contribution in [3.63, 3.8) is 0 Å². The van der Waals surface area contributed by atoms with Crippen molar-refractivity contribution in [3.8, 4) is 11.3 Å². The zero-order valence-corrected chi connectivity index (χ0v) is 10.2. The molecule has 2 heterocycles. The van der Waals surface area contributed by atoms with E-state index in [0.717, 1.165) is 37.2 Å². The molecule has 1 radical (unpaired) electrons. The molecular formula is C14H16N3O. The summed E-state index contributed by atoms with van der Waals surface area (Å²) in [7, 11) is 0. The molecule has 0 unspecified atom stereocenters. The molecule has 93 valence electrons. The van der Waals surface area contributed by atoms with E-state index in [-0.39, 0.29) is 5.69 Å². The van der Waals surface area contributed by atoms with Crippen LogP contribution in [0.4, 0.5) is 0 Å². The van der Waals surface area contributed by atoms with Gasteiger partial charge in [0.25, 0.3) is 0 Å². The summed E-state index contributed by atoms with van der Waals surface area (Å²) in [5.74, 6) is 0. The van der Waals surface area contributed by atoms with Gasteiger partial charge < -0.3 is 4.98 Å². The lowest BCUT2D eigenvalue weighted by Gasteiger charge is -2.21. The molecular weight excluding hydrogens is 226 g/mol. The zero-order chi connectivity index (χ0) is 12.4. The van der Waals surface area contributed by atoms with Gasteiger partial charge >= 0.3 is 5.69 Å². The zero-order valence-electron chi connectivity index (χ0n) is 10.2. The van der Waals surface area contributed by atoms with Crippen LogP contribution in [0.15, 0.2) is 41.3 Å². The number of imidazole rings is 1. The quantitative estimate of drug-likeness (QED) is 0.857. The second kappa shape index (κ2) is 4.82. The molecule has 0 bridgehead atoms. The average Bonchev–Trinajstić information content (AvgIpc) is 2.83. The molecule has 4 heteroatoms. The Morgan fingerprint density at radius 3 is 2.61 bits per heavy atom. The van der Waals surface area contributed by atoms with E-state index < -0.39 is 0 Å². The molecule has 4 nitrogen and oxygen atoms in total. The monoisotopic (exact) mass is 242 g/mol. The van der Waals surface area contributed by atoms with Gasteiger partial charge in [-0.05, 0) is 18.4 Å². The minimum absolute atomic E-state index is 0.0132. The van der Waals surface area contributed by atoms with Crippen molar-refractivity contribution >= 4 is 0 Å². The topological polar surface area (TPSA) is 51.9 Å². The third-order valence-electron chi connectivity index (χ3n) is 3.46. The summed E-state index contributed by atoms with van der Waals surface area (Å²) in [4.78, 5) is 14.9. The number of benzene rings is 1. The fourth-order valence-corrected chi connectivity index (χ4v) is 2.46. The van der Waals surface area contributed by atoms with Gasteiger partial charge in [0, 0.05) is 25.3 Å². The van der Waals surface area contributed by atoms with Crippen LogP contribution in [0.3, 0.4) is 0 Å². The van der Waals surface area contributed by atoms with Crippen LogP contribution in [-0.4, -0.2) is 22.6 Å². The number of aromatic nitrogens is 2. The van der Waals surface area contributed by atoms with Crippen LogP contribution in [-0.2, 0) is 0 Å². The summed E-state index contributed by atoms with van der Waals surface area (Å²) in [5, 5.41) is 4.32. The first-order valence-electron chi connectivity index (χ1n) is 6.34. The number of hydrogen-bond acceptors (Lipinski definition) is 1.